The van der Waals surface area contributed by atoms with E-state index < -0.39 is 0 Å². The summed E-state index contributed by atoms with van der Waals surface area (Å²) in [6.07, 6.45) is 1.74. The lowest BCUT2D eigenvalue weighted by atomic mass is 10.2. The van der Waals surface area contributed by atoms with Crippen molar-refractivity contribution in [2.24, 2.45) is 12.1 Å². The number of pyridine rings is 1. The third-order valence-electron chi connectivity index (χ3n) is 4.13. The Morgan fingerprint density at radius 3 is 2.69 bits per heavy atom. The van der Waals surface area contributed by atoms with Crippen LogP contribution < -0.4 is 14.9 Å². The Morgan fingerprint density at radius 1 is 1.19 bits per heavy atom. The van der Waals surface area contributed by atoms with Crippen LogP contribution in [0.2, 0.25) is 0 Å². The average molecular weight is 349 g/mol. The molecule has 0 spiro atoms. The zero-order valence-electron chi connectivity index (χ0n) is 15.0. The van der Waals surface area contributed by atoms with E-state index in [0.717, 1.165) is 16.6 Å². The highest BCUT2D eigenvalue weighted by Gasteiger charge is 2.11. The van der Waals surface area contributed by atoms with Crippen molar-refractivity contribution in [3.63, 3.8) is 0 Å². The SMILES string of the molecule is CC(=O)Nc1ccc(N(C)N=Cc2ccc3ccccc3[n+]2C)c(O)c1. The molecule has 3 aromatic rings. The van der Waals surface area contributed by atoms with Crippen LogP contribution in [0, 0.1) is 0 Å². The van der Waals surface area contributed by atoms with Crippen molar-refractivity contribution < 1.29 is 14.5 Å². The topological polar surface area (TPSA) is 68.8 Å². The Hall–Kier alpha value is -3.41. The smallest absolute Gasteiger partial charge is 0.225 e. The number of hydrogen-bond acceptors (Lipinski definition) is 4. The van der Waals surface area contributed by atoms with Gasteiger partial charge in [0.05, 0.1) is 0 Å². The number of nitrogens with one attached hydrogen (secondary N) is 1. The minimum absolute atomic E-state index is 0.0405. The molecule has 1 aromatic heterocycles. The van der Waals surface area contributed by atoms with E-state index in [2.05, 4.69) is 33.2 Å². The molecule has 0 aliphatic rings. The Balaban J connectivity index is 1.84. The fourth-order valence-corrected chi connectivity index (χ4v) is 2.78. The summed E-state index contributed by atoms with van der Waals surface area (Å²) in [7, 11) is 3.74. The van der Waals surface area contributed by atoms with E-state index in [1.54, 1.807) is 30.4 Å². The second kappa shape index (κ2) is 7.23. The molecule has 0 bridgehead atoms. The zero-order chi connectivity index (χ0) is 18.7. The number of fused-ring (bicyclic) bond motifs is 1. The lowest BCUT2D eigenvalue weighted by Gasteiger charge is -2.15. The molecule has 132 valence electrons. The maximum atomic E-state index is 11.1. The largest absolute Gasteiger partial charge is 0.506 e. The van der Waals surface area contributed by atoms with Gasteiger partial charge in [-0.25, -0.2) is 0 Å². The van der Waals surface area contributed by atoms with Crippen LogP contribution in [0.4, 0.5) is 11.4 Å². The van der Waals surface area contributed by atoms with E-state index in [4.69, 9.17) is 0 Å². The monoisotopic (exact) mass is 349 g/mol. The van der Waals surface area contributed by atoms with E-state index in [1.807, 2.05) is 25.2 Å². The first-order valence-electron chi connectivity index (χ1n) is 8.22. The molecule has 1 amide bonds. The summed E-state index contributed by atoms with van der Waals surface area (Å²) < 4.78 is 2.06. The van der Waals surface area contributed by atoms with Gasteiger partial charge in [-0.2, -0.15) is 9.67 Å². The number of para-hydroxylation sites is 1. The van der Waals surface area contributed by atoms with Crippen molar-refractivity contribution >= 4 is 34.4 Å². The minimum atomic E-state index is -0.188. The summed E-state index contributed by atoms with van der Waals surface area (Å²) in [5.74, 6) is -0.147. The Morgan fingerprint density at radius 2 is 1.96 bits per heavy atom. The minimum Gasteiger partial charge on any atom is -0.506 e. The summed E-state index contributed by atoms with van der Waals surface area (Å²) >= 11 is 0. The standard InChI is InChI=1S/C20H20N4O2/c1-14(25)22-16-9-11-19(20(26)12-16)24(3)21-13-17-10-8-15-6-4-5-7-18(15)23(17)2/h4-13H,1-3H3,(H-,21,22,25,26)/p+1. The Bertz CT molecular complexity index is 998. The number of carbonyl (C=O) groups is 1. The molecule has 26 heavy (non-hydrogen) atoms. The summed E-state index contributed by atoms with van der Waals surface area (Å²) in [6, 6.07) is 17.1. The van der Waals surface area contributed by atoms with E-state index in [-0.39, 0.29) is 11.7 Å². The molecule has 6 nitrogen and oxygen atoms in total. The predicted octanol–water partition coefficient (Wildman–Crippen LogP) is 2.80. The molecule has 0 saturated heterocycles. The number of phenols is 1. The predicted molar refractivity (Wildman–Crippen MR) is 104 cm³/mol. The molecule has 0 aliphatic heterocycles. The molecule has 0 atom stereocenters. The number of benzene rings is 2. The van der Waals surface area contributed by atoms with Crippen LogP contribution in [0.25, 0.3) is 10.9 Å². The number of aromatic nitrogens is 1. The summed E-state index contributed by atoms with van der Waals surface area (Å²) in [5, 5.41) is 20.0. The van der Waals surface area contributed by atoms with E-state index in [1.165, 1.54) is 13.0 Å². The lowest BCUT2D eigenvalue weighted by Crippen LogP contribution is -2.34. The second-order valence-corrected chi connectivity index (χ2v) is 6.03. The number of anilines is 2. The molecule has 0 aliphatic carbocycles. The van der Waals surface area contributed by atoms with Crippen LogP contribution in [-0.2, 0) is 11.8 Å². The van der Waals surface area contributed by atoms with Crippen molar-refractivity contribution in [3.8, 4) is 5.75 Å². The molecule has 0 saturated carbocycles. The van der Waals surface area contributed by atoms with Crippen molar-refractivity contribution in [2.75, 3.05) is 17.4 Å². The number of amides is 1. The van der Waals surface area contributed by atoms with Gasteiger partial charge in [0.25, 0.3) is 0 Å². The molecule has 0 unspecified atom stereocenters. The van der Waals surface area contributed by atoms with Crippen LogP contribution >= 0.6 is 0 Å². The summed E-state index contributed by atoms with van der Waals surface area (Å²) in [6.45, 7) is 1.42. The average Bonchev–Trinajstić information content (AvgIpc) is 2.61. The van der Waals surface area contributed by atoms with E-state index in [9.17, 15) is 9.90 Å². The molecule has 0 fully saturated rings. The van der Waals surface area contributed by atoms with Crippen LogP contribution in [0.1, 0.15) is 12.6 Å². The van der Waals surface area contributed by atoms with Gasteiger partial charge in [0.1, 0.15) is 24.7 Å². The van der Waals surface area contributed by atoms with Gasteiger partial charge in [0.15, 0.2) is 0 Å². The lowest BCUT2D eigenvalue weighted by molar-refractivity contribution is -0.645. The van der Waals surface area contributed by atoms with E-state index >= 15 is 0 Å². The number of hydrazone groups is 1. The van der Waals surface area contributed by atoms with Crippen LogP contribution in [0.3, 0.4) is 0 Å². The molecular weight excluding hydrogens is 328 g/mol. The van der Waals surface area contributed by atoms with Gasteiger partial charge in [0.2, 0.25) is 17.1 Å². The normalized spacial score (nSPS) is 11.0. The molecule has 1 heterocycles. The highest BCUT2D eigenvalue weighted by Crippen LogP contribution is 2.29. The molecule has 2 N–H and O–H groups in total. The van der Waals surface area contributed by atoms with Gasteiger partial charge in [0, 0.05) is 43.2 Å². The number of aryl methyl sites for hydroxylation is 1. The third-order valence-corrected chi connectivity index (χ3v) is 4.13. The first-order valence-corrected chi connectivity index (χ1v) is 8.22. The van der Waals surface area contributed by atoms with Crippen molar-refractivity contribution in [3.05, 3.63) is 60.3 Å². The van der Waals surface area contributed by atoms with Gasteiger partial charge < -0.3 is 10.4 Å². The maximum Gasteiger partial charge on any atom is 0.225 e. The van der Waals surface area contributed by atoms with Gasteiger partial charge in [-0.05, 0) is 24.3 Å². The maximum absolute atomic E-state index is 11.1. The van der Waals surface area contributed by atoms with Gasteiger partial charge >= 0.3 is 0 Å². The molecular formula is C20H21N4O2+. The Kier molecular flexibility index (Phi) is 4.84. The van der Waals surface area contributed by atoms with Crippen LogP contribution in [0.5, 0.6) is 5.75 Å². The van der Waals surface area contributed by atoms with Crippen molar-refractivity contribution in [2.45, 2.75) is 6.92 Å². The number of rotatable bonds is 4. The fraction of sp³-hybridized carbons (Fsp3) is 0.150. The first-order chi connectivity index (χ1) is 12.5. The van der Waals surface area contributed by atoms with Gasteiger partial charge in [-0.15, -0.1) is 0 Å². The fourth-order valence-electron chi connectivity index (χ4n) is 2.78. The summed E-state index contributed by atoms with van der Waals surface area (Å²) in [4.78, 5) is 11.1. The molecule has 6 heteroatoms. The highest BCUT2D eigenvalue weighted by atomic mass is 16.3. The molecule has 3 rings (SSSR count). The van der Waals surface area contributed by atoms with Gasteiger partial charge in [-0.1, -0.05) is 12.1 Å². The number of nitrogens with zero attached hydrogens (tertiary/aromatic N) is 3. The quantitative estimate of drug-likeness (QED) is 0.432. The number of aromatic hydroxyl groups is 1. The molecule has 0 radical (unpaired) electrons. The Labute approximate surface area is 152 Å². The number of phenolic OH excluding ortho intramolecular Hbond substituents is 1. The van der Waals surface area contributed by atoms with Crippen LogP contribution in [0.15, 0.2) is 59.7 Å². The van der Waals surface area contributed by atoms with Gasteiger partial charge in [-0.3, -0.25) is 9.80 Å². The number of hydrogen-bond donors (Lipinski definition) is 2. The third kappa shape index (κ3) is 3.64. The van der Waals surface area contributed by atoms with Crippen molar-refractivity contribution in [1.82, 2.24) is 0 Å². The highest BCUT2D eigenvalue weighted by molar-refractivity contribution is 5.89. The van der Waals surface area contributed by atoms with E-state index in [0.29, 0.717) is 11.4 Å². The van der Waals surface area contributed by atoms with Crippen molar-refractivity contribution in [1.29, 1.82) is 0 Å². The summed E-state index contributed by atoms with van der Waals surface area (Å²) in [5.41, 5.74) is 3.13. The van der Waals surface area contributed by atoms with Crippen LogP contribution in [-0.4, -0.2) is 24.3 Å². The molecule has 2 aromatic carbocycles. The second-order valence-electron chi connectivity index (χ2n) is 6.03. The zero-order valence-corrected chi connectivity index (χ0v) is 15.0. The first kappa shape index (κ1) is 17.4. The number of carbonyl (C=O) groups excluding carboxylic acids is 1.